The lowest BCUT2D eigenvalue weighted by Crippen LogP contribution is -2.22. The highest BCUT2D eigenvalue weighted by Crippen LogP contribution is 2.14. The molecule has 4 nitrogen and oxygen atoms in total. The van der Waals surface area contributed by atoms with Gasteiger partial charge in [0.1, 0.15) is 5.75 Å². The van der Waals surface area contributed by atoms with E-state index in [0.29, 0.717) is 5.75 Å². The van der Waals surface area contributed by atoms with Gasteiger partial charge in [-0.3, -0.25) is 0 Å². The number of carbonyl (C=O) groups is 1. The van der Waals surface area contributed by atoms with Gasteiger partial charge in [0, 0.05) is 6.54 Å². The molecule has 4 heteroatoms. The fourth-order valence-electron chi connectivity index (χ4n) is 1.19. The molecule has 0 aromatic heterocycles. The van der Waals surface area contributed by atoms with Crippen molar-refractivity contribution in [2.24, 2.45) is 0 Å². The Balaban J connectivity index is 2.68. The van der Waals surface area contributed by atoms with Crippen LogP contribution in [0.5, 0.6) is 5.75 Å². The second-order valence-corrected chi connectivity index (χ2v) is 3.28. The molecule has 0 aliphatic carbocycles. The first-order chi connectivity index (χ1) is 7.13. The number of carboxylic acid groups (broad SMARTS) is 1. The van der Waals surface area contributed by atoms with Crippen molar-refractivity contribution in [3.63, 3.8) is 0 Å². The molecule has 0 spiro atoms. The van der Waals surface area contributed by atoms with E-state index in [2.05, 4.69) is 5.32 Å². The molecule has 0 aliphatic heterocycles. The van der Waals surface area contributed by atoms with Gasteiger partial charge in [-0.15, -0.1) is 0 Å². The summed E-state index contributed by atoms with van der Waals surface area (Å²) in [4.78, 5) is 10.6. The van der Waals surface area contributed by atoms with E-state index in [4.69, 9.17) is 9.84 Å². The SMILES string of the molecule is CNCc1cccc(OC(C)C(=O)O)c1. The third-order valence-corrected chi connectivity index (χ3v) is 1.94. The van der Waals surface area contributed by atoms with Crippen molar-refractivity contribution in [2.75, 3.05) is 7.05 Å². The van der Waals surface area contributed by atoms with Crippen LogP contribution in [0.3, 0.4) is 0 Å². The third-order valence-electron chi connectivity index (χ3n) is 1.94. The van der Waals surface area contributed by atoms with Crippen molar-refractivity contribution in [3.8, 4) is 5.75 Å². The first-order valence-corrected chi connectivity index (χ1v) is 4.76. The number of carboxylic acids is 1. The summed E-state index contributed by atoms with van der Waals surface area (Å²) < 4.78 is 5.24. The van der Waals surface area contributed by atoms with Gasteiger partial charge in [-0.25, -0.2) is 4.79 Å². The highest BCUT2D eigenvalue weighted by Gasteiger charge is 2.12. The number of rotatable bonds is 5. The number of hydrogen-bond donors (Lipinski definition) is 2. The van der Waals surface area contributed by atoms with Gasteiger partial charge in [0.15, 0.2) is 6.10 Å². The Labute approximate surface area is 88.9 Å². The zero-order chi connectivity index (χ0) is 11.3. The molecule has 0 amide bonds. The summed E-state index contributed by atoms with van der Waals surface area (Å²) in [7, 11) is 1.85. The molecule has 1 aromatic rings. The first-order valence-electron chi connectivity index (χ1n) is 4.76. The van der Waals surface area contributed by atoms with E-state index in [9.17, 15) is 4.79 Å². The second kappa shape index (κ2) is 5.36. The van der Waals surface area contributed by atoms with Crippen molar-refractivity contribution in [3.05, 3.63) is 29.8 Å². The summed E-state index contributed by atoms with van der Waals surface area (Å²) in [6.07, 6.45) is -0.824. The largest absolute Gasteiger partial charge is 0.479 e. The van der Waals surface area contributed by atoms with Crippen molar-refractivity contribution in [1.29, 1.82) is 0 Å². The molecule has 1 aromatic carbocycles. The van der Waals surface area contributed by atoms with Gasteiger partial charge in [0.25, 0.3) is 0 Å². The van der Waals surface area contributed by atoms with Crippen LogP contribution in [0.2, 0.25) is 0 Å². The standard InChI is InChI=1S/C11H15NO3/c1-8(11(13)14)15-10-5-3-4-9(6-10)7-12-2/h3-6,8,12H,7H2,1-2H3,(H,13,14). The van der Waals surface area contributed by atoms with E-state index in [1.54, 1.807) is 6.07 Å². The molecule has 0 saturated carbocycles. The molecule has 0 bridgehead atoms. The monoisotopic (exact) mass is 209 g/mol. The zero-order valence-corrected chi connectivity index (χ0v) is 8.86. The number of hydrogen-bond acceptors (Lipinski definition) is 3. The molecule has 2 N–H and O–H groups in total. The van der Waals surface area contributed by atoms with Gasteiger partial charge in [-0.2, -0.15) is 0 Å². The number of benzene rings is 1. The Kier molecular flexibility index (Phi) is 4.12. The van der Waals surface area contributed by atoms with Crippen LogP contribution in [0, 0.1) is 0 Å². The molecular weight excluding hydrogens is 194 g/mol. The lowest BCUT2D eigenvalue weighted by molar-refractivity contribution is -0.144. The van der Waals surface area contributed by atoms with E-state index >= 15 is 0 Å². The van der Waals surface area contributed by atoms with Gasteiger partial charge in [-0.05, 0) is 31.7 Å². The summed E-state index contributed by atoms with van der Waals surface area (Å²) in [5.74, 6) is -0.383. The lowest BCUT2D eigenvalue weighted by Gasteiger charge is -2.11. The van der Waals surface area contributed by atoms with Crippen LogP contribution in [0.4, 0.5) is 0 Å². The van der Waals surface area contributed by atoms with Crippen LogP contribution in [-0.4, -0.2) is 24.2 Å². The van der Waals surface area contributed by atoms with Gasteiger partial charge in [0.2, 0.25) is 0 Å². The fraction of sp³-hybridized carbons (Fsp3) is 0.364. The topological polar surface area (TPSA) is 58.6 Å². The smallest absolute Gasteiger partial charge is 0.344 e. The Morgan fingerprint density at radius 2 is 2.33 bits per heavy atom. The van der Waals surface area contributed by atoms with E-state index in [1.165, 1.54) is 6.92 Å². The molecule has 0 aliphatic rings. The van der Waals surface area contributed by atoms with Crippen molar-refractivity contribution >= 4 is 5.97 Å². The van der Waals surface area contributed by atoms with Crippen molar-refractivity contribution < 1.29 is 14.6 Å². The second-order valence-electron chi connectivity index (χ2n) is 3.28. The average molecular weight is 209 g/mol. The highest BCUT2D eigenvalue weighted by atomic mass is 16.5. The zero-order valence-electron chi connectivity index (χ0n) is 8.86. The summed E-state index contributed by atoms with van der Waals surface area (Å²) in [6, 6.07) is 7.37. The predicted octanol–water partition coefficient (Wildman–Crippen LogP) is 1.26. The Hall–Kier alpha value is -1.55. The van der Waals surface area contributed by atoms with Gasteiger partial charge in [0.05, 0.1) is 0 Å². The number of ether oxygens (including phenoxy) is 1. The summed E-state index contributed by atoms with van der Waals surface area (Å²) in [5, 5.41) is 11.7. The Morgan fingerprint density at radius 1 is 1.60 bits per heavy atom. The predicted molar refractivity (Wildman–Crippen MR) is 56.9 cm³/mol. The minimum Gasteiger partial charge on any atom is -0.479 e. The summed E-state index contributed by atoms with van der Waals surface area (Å²) >= 11 is 0. The van der Waals surface area contributed by atoms with Crippen LogP contribution in [0.15, 0.2) is 24.3 Å². The number of aliphatic carboxylic acids is 1. The maximum Gasteiger partial charge on any atom is 0.344 e. The van der Waals surface area contributed by atoms with Gasteiger partial charge in [-0.1, -0.05) is 12.1 Å². The molecule has 82 valence electrons. The van der Waals surface area contributed by atoms with Crippen molar-refractivity contribution in [1.82, 2.24) is 5.32 Å². The molecule has 1 unspecified atom stereocenters. The average Bonchev–Trinajstić information content (AvgIpc) is 2.18. The van der Waals surface area contributed by atoms with E-state index in [1.807, 2.05) is 25.2 Å². The molecule has 1 rings (SSSR count). The highest BCUT2D eigenvalue weighted by molar-refractivity contribution is 5.72. The van der Waals surface area contributed by atoms with E-state index < -0.39 is 12.1 Å². The van der Waals surface area contributed by atoms with E-state index in [-0.39, 0.29) is 0 Å². The Bertz CT molecular complexity index is 338. The number of nitrogens with one attached hydrogen (secondary N) is 1. The minimum atomic E-state index is -0.964. The quantitative estimate of drug-likeness (QED) is 0.766. The maximum absolute atomic E-state index is 10.6. The lowest BCUT2D eigenvalue weighted by atomic mass is 10.2. The van der Waals surface area contributed by atoms with Gasteiger partial charge < -0.3 is 15.2 Å². The van der Waals surface area contributed by atoms with E-state index in [0.717, 1.165) is 12.1 Å². The molecule has 0 radical (unpaired) electrons. The molecule has 15 heavy (non-hydrogen) atoms. The third kappa shape index (κ3) is 3.59. The molecular formula is C11H15NO3. The van der Waals surface area contributed by atoms with Crippen LogP contribution in [0.25, 0.3) is 0 Å². The normalized spacial score (nSPS) is 12.1. The first kappa shape index (κ1) is 11.5. The van der Waals surface area contributed by atoms with Crippen molar-refractivity contribution in [2.45, 2.75) is 19.6 Å². The van der Waals surface area contributed by atoms with Crippen LogP contribution in [-0.2, 0) is 11.3 Å². The summed E-state index contributed by atoms with van der Waals surface area (Å²) in [6.45, 7) is 2.24. The fourth-order valence-corrected chi connectivity index (χ4v) is 1.19. The van der Waals surface area contributed by atoms with Gasteiger partial charge >= 0.3 is 5.97 Å². The molecule has 0 fully saturated rings. The van der Waals surface area contributed by atoms with Crippen LogP contribution in [0.1, 0.15) is 12.5 Å². The van der Waals surface area contributed by atoms with Crippen LogP contribution >= 0.6 is 0 Å². The summed E-state index contributed by atoms with van der Waals surface area (Å²) in [5.41, 5.74) is 1.06. The minimum absolute atomic E-state index is 0.581. The maximum atomic E-state index is 10.6. The molecule has 1 atom stereocenters. The molecule has 0 heterocycles. The Morgan fingerprint density at radius 3 is 2.93 bits per heavy atom. The van der Waals surface area contributed by atoms with Crippen LogP contribution < -0.4 is 10.1 Å². The molecule has 0 saturated heterocycles.